The standard InChI is InChI=1S/C30H38N4O4/c1-5-21(35)9-7-6-8-10-24(33-28(36)23-15-30(23)17-34(3)18-30)29-31-16-27(38-29)22-13-20-12-11-19(2)32-25(20)14-26(22)37-4/h11-14,16,23-24H,5-10,15,17-18H2,1-4H3,(H,33,36)/t23-,24?/m0/s1. The van der Waals surface area contributed by atoms with Crippen LogP contribution >= 0.6 is 0 Å². The number of Topliss-reactive ketones (excluding diaryl/α,β-unsaturated/α-hetero) is 1. The number of benzene rings is 1. The number of pyridine rings is 1. The van der Waals surface area contributed by atoms with E-state index in [9.17, 15) is 9.59 Å². The molecular weight excluding hydrogens is 480 g/mol. The largest absolute Gasteiger partial charge is 0.496 e. The van der Waals surface area contributed by atoms with Crippen molar-refractivity contribution in [3.05, 3.63) is 42.0 Å². The molecule has 1 aromatic carbocycles. The molecule has 1 saturated carbocycles. The molecule has 3 aromatic rings. The number of ether oxygens (including phenoxy) is 1. The van der Waals surface area contributed by atoms with E-state index in [2.05, 4.69) is 27.2 Å². The second-order valence-electron chi connectivity index (χ2n) is 11.1. The van der Waals surface area contributed by atoms with Gasteiger partial charge in [-0.15, -0.1) is 0 Å². The molecule has 0 radical (unpaired) electrons. The number of rotatable bonds is 12. The van der Waals surface area contributed by atoms with Crippen LogP contribution in [0.25, 0.3) is 22.2 Å². The lowest BCUT2D eigenvalue weighted by Gasteiger charge is -2.37. The maximum Gasteiger partial charge on any atom is 0.224 e. The molecule has 38 heavy (non-hydrogen) atoms. The van der Waals surface area contributed by atoms with Crippen LogP contribution < -0.4 is 10.1 Å². The van der Waals surface area contributed by atoms with Crippen molar-refractivity contribution in [2.24, 2.45) is 11.3 Å². The molecule has 2 fully saturated rings. The molecule has 0 bridgehead atoms. The molecule has 202 valence electrons. The summed E-state index contributed by atoms with van der Waals surface area (Å²) in [6, 6.07) is 7.62. The van der Waals surface area contributed by atoms with Gasteiger partial charge in [0.2, 0.25) is 11.8 Å². The van der Waals surface area contributed by atoms with E-state index in [-0.39, 0.29) is 23.3 Å². The summed E-state index contributed by atoms with van der Waals surface area (Å²) in [6.07, 6.45) is 7.24. The van der Waals surface area contributed by atoms with E-state index in [1.54, 1.807) is 13.3 Å². The summed E-state index contributed by atoms with van der Waals surface area (Å²) in [5.74, 6) is 2.21. The number of oxazole rings is 1. The van der Waals surface area contributed by atoms with Crippen LogP contribution in [-0.2, 0) is 9.59 Å². The van der Waals surface area contributed by atoms with Crippen LogP contribution in [0.15, 0.2) is 34.9 Å². The number of carbonyl (C=O) groups is 2. The highest BCUT2D eigenvalue weighted by atomic mass is 16.5. The Balaban J connectivity index is 1.33. The number of methoxy groups -OCH3 is 1. The number of carbonyl (C=O) groups excluding carboxylic acids is 2. The lowest BCUT2D eigenvalue weighted by molar-refractivity contribution is -0.125. The van der Waals surface area contributed by atoms with Gasteiger partial charge in [-0.25, -0.2) is 4.98 Å². The second kappa shape index (κ2) is 10.8. The van der Waals surface area contributed by atoms with E-state index in [0.29, 0.717) is 42.4 Å². The fourth-order valence-electron chi connectivity index (χ4n) is 5.84. The number of ketones is 1. The number of amides is 1. The average molecular weight is 519 g/mol. The predicted molar refractivity (Wildman–Crippen MR) is 146 cm³/mol. The topological polar surface area (TPSA) is 97.6 Å². The summed E-state index contributed by atoms with van der Waals surface area (Å²) >= 11 is 0. The zero-order valence-electron chi connectivity index (χ0n) is 22.9. The Morgan fingerprint density at radius 1 is 1.24 bits per heavy atom. The van der Waals surface area contributed by atoms with Crippen LogP contribution in [-0.4, -0.2) is 53.8 Å². The first-order valence-corrected chi connectivity index (χ1v) is 13.7. The van der Waals surface area contributed by atoms with Crippen molar-refractivity contribution < 1.29 is 18.7 Å². The number of nitrogens with one attached hydrogen (secondary N) is 1. The number of aromatic nitrogens is 2. The third-order valence-electron chi connectivity index (χ3n) is 8.07. The predicted octanol–water partition coefficient (Wildman–Crippen LogP) is 5.25. The van der Waals surface area contributed by atoms with Gasteiger partial charge in [0.1, 0.15) is 17.6 Å². The Morgan fingerprint density at radius 2 is 2.05 bits per heavy atom. The highest BCUT2D eigenvalue weighted by Gasteiger charge is 2.63. The van der Waals surface area contributed by atoms with Gasteiger partial charge in [0.25, 0.3) is 0 Å². The number of nitrogens with zero attached hydrogens (tertiary/aromatic N) is 3. The van der Waals surface area contributed by atoms with Crippen molar-refractivity contribution >= 4 is 22.6 Å². The molecule has 5 rings (SSSR count). The van der Waals surface area contributed by atoms with E-state index < -0.39 is 0 Å². The molecular formula is C30H38N4O4. The van der Waals surface area contributed by atoms with Crippen LogP contribution in [0.2, 0.25) is 0 Å². The number of likely N-dealkylation sites (tertiary alicyclic amines) is 1. The minimum absolute atomic E-state index is 0.0642. The lowest BCUT2D eigenvalue weighted by Crippen LogP contribution is -2.48. The fourth-order valence-corrected chi connectivity index (χ4v) is 5.84. The lowest BCUT2D eigenvalue weighted by atomic mass is 9.94. The van der Waals surface area contributed by atoms with E-state index in [0.717, 1.165) is 60.9 Å². The Hall–Kier alpha value is -3.26. The van der Waals surface area contributed by atoms with E-state index in [1.165, 1.54) is 0 Å². The van der Waals surface area contributed by atoms with Crippen LogP contribution in [0.1, 0.15) is 69.5 Å². The van der Waals surface area contributed by atoms with Gasteiger partial charge in [-0.05, 0) is 45.4 Å². The maximum absolute atomic E-state index is 13.2. The molecule has 2 aliphatic rings. The van der Waals surface area contributed by atoms with Gasteiger partial charge in [0.05, 0.1) is 24.4 Å². The summed E-state index contributed by atoms with van der Waals surface area (Å²) in [4.78, 5) is 36.3. The Morgan fingerprint density at radius 3 is 2.79 bits per heavy atom. The first-order valence-electron chi connectivity index (χ1n) is 13.7. The monoisotopic (exact) mass is 518 g/mol. The van der Waals surface area contributed by atoms with Crippen molar-refractivity contribution in [3.8, 4) is 17.1 Å². The van der Waals surface area contributed by atoms with Crippen molar-refractivity contribution in [2.75, 3.05) is 27.2 Å². The summed E-state index contributed by atoms with van der Waals surface area (Å²) in [6.45, 7) is 5.84. The van der Waals surface area contributed by atoms with Crippen LogP contribution in [0, 0.1) is 18.3 Å². The minimum atomic E-state index is -0.315. The van der Waals surface area contributed by atoms with Gasteiger partial charge < -0.3 is 19.4 Å². The molecule has 1 N–H and O–H groups in total. The second-order valence-corrected chi connectivity index (χ2v) is 11.1. The van der Waals surface area contributed by atoms with Crippen molar-refractivity contribution in [3.63, 3.8) is 0 Å². The van der Waals surface area contributed by atoms with Gasteiger partial charge >= 0.3 is 0 Å². The van der Waals surface area contributed by atoms with E-state index in [1.807, 2.05) is 38.1 Å². The number of hydrogen-bond acceptors (Lipinski definition) is 7. The molecule has 1 saturated heterocycles. The number of unbranched alkanes of at least 4 members (excludes halogenated alkanes) is 2. The van der Waals surface area contributed by atoms with Gasteiger partial charge in [0.15, 0.2) is 5.76 Å². The number of fused-ring (bicyclic) bond motifs is 1. The third-order valence-corrected chi connectivity index (χ3v) is 8.07. The molecule has 3 heterocycles. The molecule has 1 amide bonds. The number of hydrogen-bond donors (Lipinski definition) is 1. The fraction of sp³-hybridized carbons (Fsp3) is 0.533. The van der Waals surface area contributed by atoms with Gasteiger partial charge in [0, 0.05) is 54.4 Å². The summed E-state index contributed by atoms with van der Waals surface area (Å²) in [7, 11) is 3.73. The van der Waals surface area contributed by atoms with Gasteiger partial charge in [-0.1, -0.05) is 25.8 Å². The SMILES string of the molecule is CCC(=O)CCCCCC(NC(=O)[C@@H]1CC12CN(C)C2)c1ncc(-c2cc3ccc(C)nc3cc2OC)o1. The molecule has 1 unspecified atom stereocenters. The molecule has 8 nitrogen and oxygen atoms in total. The molecule has 8 heteroatoms. The first-order chi connectivity index (χ1) is 18.3. The Labute approximate surface area is 224 Å². The Kier molecular flexibility index (Phi) is 7.52. The van der Waals surface area contributed by atoms with Crippen molar-refractivity contribution in [1.82, 2.24) is 20.2 Å². The van der Waals surface area contributed by atoms with Crippen LogP contribution in [0.3, 0.4) is 0 Å². The van der Waals surface area contributed by atoms with Crippen molar-refractivity contribution in [1.29, 1.82) is 0 Å². The zero-order valence-corrected chi connectivity index (χ0v) is 22.9. The number of aryl methyl sites for hydroxylation is 1. The normalized spacial score (nSPS) is 18.8. The molecule has 1 spiro atoms. The van der Waals surface area contributed by atoms with Gasteiger partial charge in [-0.2, -0.15) is 0 Å². The molecule has 1 aliphatic carbocycles. The molecule has 1 aliphatic heterocycles. The molecule has 2 atom stereocenters. The van der Waals surface area contributed by atoms with Gasteiger partial charge in [-0.3, -0.25) is 14.6 Å². The Bertz CT molecular complexity index is 1330. The zero-order chi connectivity index (χ0) is 26.9. The van der Waals surface area contributed by atoms with Crippen LogP contribution in [0.4, 0.5) is 0 Å². The minimum Gasteiger partial charge on any atom is -0.496 e. The summed E-state index contributed by atoms with van der Waals surface area (Å²) < 4.78 is 11.9. The smallest absolute Gasteiger partial charge is 0.224 e. The summed E-state index contributed by atoms with van der Waals surface area (Å²) in [5, 5.41) is 4.24. The van der Waals surface area contributed by atoms with Crippen molar-refractivity contribution in [2.45, 2.75) is 64.8 Å². The maximum atomic E-state index is 13.2. The molecule has 2 aromatic heterocycles. The summed E-state index contributed by atoms with van der Waals surface area (Å²) in [5.41, 5.74) is 2.76. The average Bonchev–Trinajstić information content (AvgIpc) is 3.43. The van der Waals surface area contributed by atoms with E-state index in [4.69, 9.17) is 9.15 Å². The quantitative estimate of drug-likeness (QED) is 0.327. The van der Waals surface area contributed by atoms with Crippen LogP contribution in [0.5, 0.6) is 5.75 Å². The third kappa shape index (κ3) is 5.46. The van der Waals surface area contributed by atoms with E-state index >= 15 is 0 Å². The first kappa shape index (κ1) is 26.4. The highest BCUT2D eigenvalue weighted by molar-refractivity contribution is 5.87. The highest BCUT2D eigenvalue weighted by Crippen LogP contribution is 2.58.